The highest BCUT2D eigenvalue weighted by Gasteiger charge is 2.17. The van der Waals surface area contributed by atoms with Gasteiger partial charge in [0.15, 0.2) is 11.5 Å². The minimum absolute atomic E-state index is 0.00962. The van der Waals surface area contributed by atoms with Crippen LogP contribution in [0.1, 0.15) is 30.6 Å². The highest BCUT2D eigenvalue weighted by molar-refractivity contribution is 7.09. The fourth-order valence-corrected chi connectivity index (χ4v) is 4.09. The molecular formula is C18H24N2O3S. The second-order valence-electron chi connectivity index (χ2n) is 6.07. The van der Waals surface area contributed by atoms with Crippen LogP contribution in [0.5, 0.6) is 11.5 Å². The maximum Gasteiger partial charge on any atom is 0.305 e. The van der Waals surface area contributed by atoms with Crippen molar-refractivity contribution in [2.45, 2.75) is 32.2 Å². The van der Waals surface area contributed by atoms with E-state index in [1.54, 1.807) is 14.2 Å². The first-order chi connectivity index (χ1) is 11.7. The number of nitrogens with one attached hydrogen (secondary N) is 1. The van der Waals surface area contributed by atoms with Crippen LogP contribution in [0.25, 0.3) is 11.3 Å². The van der Waals surface area contributed by atoms with Crippen LogP contribution in [0.4, 0.5) is 0 Å². The third-order valence-corrected chi connectivity index (χ3v) is 5.33. The van der Waals surface area contributed by atoms with Crippen LogP contribution in [0.3, 0.4) is 0 Å². The minimum Gasteiger partial charge on any atom is -0.493 e. The SMILES string of the molecule is COc1ccc(-c2[nH]c(=O)sc2CN2CCCCCC2)cc1OC. The molecule has 0 unspecified atom stereocenters. The molecule has 1 saturated heterocycles. The number of aromatic nitrogens is 1. The van der Waals surface area contributed by atoms with E-state index in [2.05, 4.69) is 9.88 Å². The van der Waals surface area contributed by atoms with Crippen molar-refractivity contribution in [3.8, 4) is 22.8 Å². The summed E-state index contributed by atoms with van der Waals surface area (Å²) < 4.78 is 10.7. The van der Waals surface area contributed by atoms with E-state index in [9.17, 15) is 4.79 Å². The van der Waals surface area contributed by atoms with Gasteiger partial charge in [0.1, 0.15) is 0 Å². The van der Waals surface area contributed by atoms with Crippen LogP contribution < -0.4 is 14.3 Å². The van der Waals surface area contributed by atoms with Gasteiger partial charge < -0.3 is 14.5 Å². The summed E-state index contributed by atoms with van der Waals surface area (Å²) in [7, 11) is 3.24. The molecular weight excluding hydrogens is 324 g/mol. The van der Waals surface area contributed by atoms with Crippen molar-refractivity contribution in [3.05, 3.63) is 32.7 Å². The zero-order valence-electron chi connectivity index (χ0n) is 14.3. The van der Waals surface area contributed by atoms with Gasteiger partial charge in [0.05, 0.1) is 19.9 Å². The lowest BCUT2D eigenvalue weighted by Gasteiger charge is -2.19. The number of thiazole rings is 1. The molecule has 0 radical (unpaired) electrons. The summed E-state index contributed by atoms with van der Waals surface area (Å²) in [5.41, 5.74) is 1.85. The van der Waals surface area contributed by atoms with E-state index in [-0.39, 0.29) is 4.87 Å². The third kappa shape index (κ3) is 3.82. The van der Waals surface area contributed by atoms with Gasteiger partial charge in [-0.3, -0.25) is 9.69 Å². The van der Waals surface area contributed by atoms with E-state index < -0.39 is 0 Å². The number of likely N-dealkylation sites (tertiary alicyclic amines) is 1. The average Bonchev–Trinajstić information content (AvgIpc) is 2.80. The fourth-order valence-electron chi connectivity index (χ4n) is 3.19. The number of nitrogens with zero attached hydrogens (tertiary/aromatic N) is 1. The van der Waals surface area contributed by atoms with Gasteiger partial charge >= 0.3 is 4.87 Å². The highest BCUT2D eigenvalue weighted by Crippen LogP contribution is 2.33. The predicted octanol–water partition coefficient (Wildman–Crippen LogP) is 3.50. The molecule has 6 heteroatoms. The number of hydrogen-bond donors (Lipinski definition) is 1. The molecule has 2 heterocycles. The topological polar surface area (TPSA) is 54.6 Å². The predicted molar refractivity (Wildman–Crippen MR) is 97.2 cm³/mol. The second kappa shape index (κ2) is 7.85. The summed E-state index contributed by atoms with van der Waals surface area (Å²) in [5, 5.41) is 0. The van der Waals surface area contributed by atoms with Crippen molar-refractivity contribution in [1.29, 1.82) is 0 Å². The molecule has 1 aliphatic rings. The van der Waals surface area contributed by atoms with Crippen LogP contribution in [-0.2, 0) is 6.54 Å². The van der Waals surface area contributed by atoms with E-state index >= 15 is 0 Å². The molecule has 0 atom stereocenters. The molecule has 24 heavy (non-hydrogen) atoms. The maximum atomic E-state index is 12.0. The van der Waals surface area contributed by atoms with Crippen LogP contribution in [0.15, 0.2) is 23.0 Å². The largest absolute Gasteiger partial charge is 0.493 e. The van der Waals surface area contributed by atoms with Crippen molar-refractivity contribution in [3.63, 3.8) is 0 Å². The Labute approximate surface area is 146 Å². The number of H-pyrrole nitrogens is 1. The molecule has 2 aromatic rings. The van der Waals surface area contributed by atoms with E-state index in [0.29, 0.717) is 11.5 Å². The monoisotopic (exact) mass is 348 g/mol. The number of benzene rings is 1. The lowest BCUT2D eigenvalue weighted by atomic mass is 10.1. The Hall–Kier alpha value is -1.79. The molecule has 130 valence electrons. The third-order valence-electron chi connectivity index (χ3n) is 4.46. The number of aromatic amines is 1. The van der Waals surface area contributed by atoms with Crippen LogP contribution in [0.2, 0.25) is 0 Å². The Balaban J connectivity index is 1.89. The van der Waals surface area contributed by atoms with Crippen LogP contribution >= 0.6 is 11.3 Å². The quantitative estimate of drug-likeness (QED) is 0.898. The molecule has 5 nitrogen and oxygen atoms in total. The zero-order chi connectivity index (χ0) is 16.9. The summed E-state index contributed by atoms with van der Waals surface area (Å²) in [5.74, 6) is 1.36. The molecule has 1 aromatic carbocycles. The van der Waals surface area contributed by atoms with E-state index in [1.807, 2.05) is 18.2 Å². The lowest BCUT2D eigenvalue weighted by Crippen LogP contribution is -2.23. The fraction of sp³-hybridized carbons (Fsp3) is 0.500. The number of ether oxygens (including phenoxy) is 2. The Morgan fingerprint density at radius 2 is 1.79 bits per heavy atom. The van der Waals surface area contributed by atoms with E-state index in [1.165, 1.54) is 37.0 Å². The summed E-state index contributed by atoms with van der Waals surface area (Å²) in [6.45, 7) is 3.04. The summed E-state index contributed by atoms with van der Waals surface area (Å²) in [6, 6.07) is 5.76. The first-order valence-corrected chi connectivity index (χ1v) is 9.19. The van der Waals surface area contributed by atoms with Crippen molar-refractivity contribution in [2.75, 3.05) is 27.3 Å². The first kappa shape index (κ1) is 17.0. The standard InChI is InChI=1S/C18H24N2O3S/c1-22-14-8-7-13(11-15(14)23-2)17-16(24-18(21)19-17)12-20-9-5-3-4-6-10-20/h7-8,11H,3-6,9-10,12H2,1-2H3,(H,19,21). The molecule has 0 amide bonds. The summed E-state index contributed by atoms with van der Waals surface area (Å²) in [4.78, 5) is 18.5. The highest BCUT2D eigenvalue weighted by atomic mass is 32.1. The molecule has 1 fully saturated rings. The summed E-state index contributed by atoms with van der Waals surface area (Å²) in [6.07, 6.45) is 5.10. The Kier molecular flexibility index (Phi) is 5.58. The molecule has 0 aliphatic carbocycles. The average molecular weight is 348 g/mol. The number of rotatable bonds is 5. The molecule has 3 rings (SSSR count). The number of methoxy groups -OCH3 is 2. The molecule has 0 bridgehead atoms. The molecule has 0 saturated carbocycles. The molecule has 1 aliphatic heterocycles. The molecule has 1 N–H and O–H groups in total. The number of hydrogen-bond acceptors (Lipinski definition) is 5. The minimum atomic E-state index is -0.00962. The Morgan fingerprint density at radius 3 is 2.46 bits per heavy atom. The van der Waals surface area contributed by atoms with Crippen molar-refractivity contribution in [2.24, 2.45) is 0 Å². The van der Waals surface area contributed by atoms with E-state index in [0.717, 1.165) is 35.8 Å². The van der Waals surface area contributed by atoms with Gasteiger partial charge in [-0.15, -0.1) is 0 Å². The maximum absolute atomic E-state index is 12.0. The Bertz CT molecular complexity index is 730. The van der Waals surface area contributed by atoms with Gasteiger partial charge in [-0.2, -0.15) is 0 Å². The lowest BCUT2D eigenvalue weighted by molar-refractivity contribution is 0.279. The molecule has 1 aromatic heterocycles. The first-order valence-electron chi connectivity index (χ1n) is 8.38. The van der Waals surface area contributed by atoms with Crippen molar-refractivity contribution < 1.29 is 9.47 Å². The van der Waals surface area contributed by atoms with Crippen LogP contribution in [-0.4, -0.2) is 37.2 Å². The smallest absolute Gasteiger partial charge is 0.305 e. The van der Waals surface area contributed by atoms with Gasteiger partial charge in [0.25, 0.3) is 0 Å². The Morgan fingerprint density at radius 1 is 1.08 bits per heavy atom. The van der Waals surface area contributed by atoms with E-state index in [4.69, 9.17) is 9.47 Å². The molecule has 0 spiro atoms. The van der Waals surface area contributed by atoms with Gasteiger partial charge in [0, 0.05) is 17.0 Å². The van der Waals surface area contributed by atoms with Gasteiger partial charge in [-0.05, 0) is 44.1 Å². The van der Waals surface area contributed by atoms with Crippen molar-refractivity contribution >= 4 is 11.3 Å². The summed E-state index contributed by atoms with van der Waals surface area (Å²) >= 11 is 1.31. The zero-order valence-corrected chi connectivity index (χ0v) is 15.1. The van der Waals surface area contributed by atoms with Gasteiger partial charge in [0.2, 0.25) is 0 Å². The van der Waals surface area contributed by atoms with Crippen LogP contribution in [0, 0.1) is 0 Å². The van der Waals surface area contributed by atoms with Crippen molar-refractivity contribution in [1.82, 2.24) is 9.88 Å². The van der Waals surface area contributed by atoms with Gasteiger partial charge in [-0.25, -0.2) is 0 Å². The normalized spacial score (nSPS) is 15.9. The van der Waals surface area contributed by atoms with Gasteiger partial charge in [-0.1, -0.05) is 24.2 Å². The second-order valence-corrected chi connectivity index (χ2v) is 7.14.